The molecule has 1 fully saturated rings. The van der Waals surface area contributed by atoms with Gasteiger partial charge in [0.1, 0.15) is 5.82 Å². The monoisotopic (exact) mass is 342 g/mol. The van der Waals surface area contributed by atoms with Gasteiger partial charge in [-0.2, -0.15) is 0 Å². The molecule has 0 spiro atoms. The van der Waals surface area contributed by atoms with E-state index in [0.29, 0.717) is 44.2 Å². The van der Waals surface area contributed by atoms with Crippen molar-refractivity contribution in [3.8, 4) is 0 Å². The van der Waals surface area contributed by atoms with E-state index in [2.05, 4.69) is 12.2 Å². The van der Waals surface area contributed by atoms with Crippen LogP contribution >= 0.6 is 0 Å². The summed E-state index contributed by atoms with van der Waals surface area (Å²) < 4.78 is 19.2. The molecule has 1 aliphatic heterocycles. The maximum absolute atomic E-state index is 14.0. The maximum atomic E-state index is 14.0. The number of hydrogen-bond donors (Lipinski definition) is 2. The van der Waals surface area contributed by atoms with Crippen LogP contribution in [0.4, 0.5) is 15.8 Å². The van der Waals surface area contributed by atoms with E-state index in [9.17, 15) is 4.39 Å². The number of anilines is 2. The van der Waals surface area contributed by atoms with Gasteiger partial charge in [0.15, 0.2) is 0 Å². The summed E-state index contributed by atoms with van der Waals surface area (Å²) >= 11 is 0. The van der Waals surface area contributed by atoms with Crippen molar-refractivity contribution in [2.45, 2.75) is 6.10 Å². The molecule has 4 nitrogen and oxygen atoms in total. The van der Waals surface area contributed by atoms with Crippen molar-refractivity contribution in [1.82, 2.24) is 0 Å². The first-order valence-electron chi connectivity index (χ1n) is 6.04. The van der Waals surface area contributed by atoms with Crippen LogP contribution in [0.1, 0.15) is 0 Å². The summed E-state index contributed by atoms with van der Waals surface area (Å²) in [5, 5.41) is 12.0. The van der Waals surface area contributed by atoms with Crippen molar-refractivity contribution in [3.63, 3.8) is 0 Å². The van der Waals surface area contributed by atoms with Gasteiger partial charge >= 0.3 is 0 Å². The first-order chi connectivity index (χ1) is 8.66. The second-order valence-corrected chi connectivity index (χ2v) is 4.30. The van der Waals surface area contributed by atoms with E-state index in [1.54, 1.807) is 12.1 Å². The number of morpholine rings is 1. The van der Waals surface area contributed by atoms with Crippen molar-refractivity contribution >= 4 is 11.4 Å². The summed E-state index contributed by atoms with van der Waals surface area (Å²) in [4.78, 5) is 1.97. The minimum absolute atomic E-state index is 0. The number of ether oxygens (including phenoxy) is 1. The summed E-state index contributed by atoms with van der Waals surface area (Å²) in [6.45, 7) is 6.43. The van der Waals surface area contributed by atoms with Gasteiger partial charge in [0, 0.05) is 58.0 Å². The minimum atomic E-state index is -0.702. The number of benzene rings is 1. The molecule has 0 unspecified atom stereocenters. The second-order valence-electron chi connectivity index (χ2n) is 4.30. The third kappa shape index (κ3) is 4.99. The third-order valence-corrected chi connectivity index (χ3v) is 2.84. The van der Waals surface area contributed by atoms with Crippen LogP contribution in [0.2, 0.25) is 0 Å². The van der Waals surface area contributed by atoms with Crippen molar-refractivity contribution in [2.75, 3.05) is 43.1 Å². The standard InChI is InChI=1S/C13H18FN2O2.Y/c1-10(17)9-15-11-2-3-13(12(14)8-11)16-4-6-18-7-5-16;/h2-3,8,10,15,17H,1,4-7,9H2;/q-1;/t10-;/m0./s1. The molecule has 0 bridgehead atoms. The number of aliphatic hydroxyl groups is 1. The Morgan fingerprint density at radius 3 is 2.68 bits per heavy atom. The topological polar surface area (TPSA) is 44.7 Å². The van der Waals surface area contributed by atoms with E-state index in [1.807, 2.05) is 4.90 Å². The normalized spacial score (nSPS) is 16.7. The molecule has 6 heteroatoms. The van der Waals surface area contributed by atoms with E-state index in [1.165, 1.54) is 6.07 Å². The Hall–Kier alpha value is -0.226. The van der Waals surface area contributed by atoms with Crippen LogP contribution in [0, 0.1) is 12.7 Å². The Bertz CT molecular complexity index is 398. The molecule has 1 aromatic rings. The second kappa shape index (κ2) is 8.15. The SMILES string of the molecule is [CH2-][C@H](O)CNc1ccc(N2CCOCC2)c(F)c1.[Y]. The fourth-order valence-electron chi connectivity index (χ4n) is 1.91. The Kier molecular flexibility index (Phi) is 7.22. The number of aliphatic hydroxyl groups excluding tert-OH is 1. The third-order valence-electron chi connectivity index (χ3n) is 2.84. The van der Waals surface area contributed by atoms with Gasteiger partial charge in [-0.25, -0.2) is 4.39 Å². The number of rotatable bonds is 4. The predicted molar refractivity (Wildman–Crippen MR) is 69.3 cm³/mol. The van der Waals surface area contributed by atoms with Gasteiger partial charge in [-0.3, -0.25) is 0 Å². The fourth-order valence-corrected chi connectivity index (χ4v) is 1.91. The molecule has 0 aliphatic carbocycles. The van der Waals surface area contributed by atoms with Crippen LogP contribution < -0.4 is 10.2 Å². The maximum Gasteiger partial charge on any atom is 0.148 e. The van der Waals surface area contributed by atoms with Gasteiger partial charge in [0.2, 0.25) is 0 Å². The molecular weight excluding hydrogens is 324 g/mol. The number of nitrogens with zero attached hydrogens (tertiary/aromatic N) is 1. The molecule has 1 radical (unpaired) electrons. The van der Waals surface area contributed by atoms with E-state index in [0.717, 1.165) is 0 Å². The molecule has 0 aromatic heterocycles. The smallest absolute Gasteiger partial charge is 0.148 e. The van der Waals surface area contributed by atoms with Crippen LogP contribution in [-0.2, 0) is 37.4 Å². The van der Waals surface area contributed by atoms with Gasteiger partial charge < -0.3 is 27.0 Å². The van der Waals surface area contributed by atoms with Crippen LogP contribution in [0.3, 0.4) is 0 Å². The van der Waals surface area contributed by atoms with Crippen molar-refractivity contribution in [3.05, 3.63) is 30.9 Å². The molecule has 19 heavy (non-hydrogen) atoms. The van der Waals surface area contributed by atoms with Gasteiger partial charge in [-0.1, -0.05) is 6.10 Å². The largest absolute Gasteiger partial charge is 0.424 e. The quantitative estimate of drug-likeness (QED) is 0.809. The average Bonchev–Trinajstić information content (AvgIpc) is 2.37. The molecule has 2 N–H and O–H groups in total. The summed E-state index contributed by atoms with van der Waals surface area (Å²) in [7, 11) is 0. The number of halogens is 1. The van der Waals surface area contributed by atoms with Crippen LogP contribution in [0.15, 0.2) is 18.2 Å². The van der Waals surface area contributed by atoms with E-state index >= 15 is 0 Å². The molecule has 0 amide bonds. The van der Waals surface area contributed by atoms with Crippen LogP contribution in [0.25, 0.3) is 0 Å². The molecule has 1 saturated heterocycles. The molecule has 1 heterocycles. The van der Waals surface area contributed by atoms with E-state index in [4.69, 9.17) is 9.84 Å². The zero-order chi connectivity index (χ0) is 13.0. The molecule has 103 valence electrons. The summed E-state index contributed by atoms with van der Waals surface area (Å²) in [6, 6.07) is 4.99. The Morgan fingerprint density at radius 2 is 2.11 bits per heavy atom. The fraction of sp³-hybridized carbons (Fsp3) is 0.462. The first kappa shape index (κ1) is 16.8. The molecule has 1 aromatic carbocycles. The van der Waals surface area contributed by atoms with Crippen LogP contribution in [-0.4, -0.2) is 44.1 Å². The number of nitrogens with one attached hydrogen (secondary N) is 1. The Morgan fingerprint density at radius 1 is 1.42 bits per heavy atom. The van der Waals surface area contributed by atoms with Crippen LogP contribution in [0.5, 0.6) is 0 Å². The average molecular weight is 342 g/mol. The van der Waals surface area contributed by atoms with Gasteiger partial charge in [0.25, 0.3) is 0 Å². The van der Waals surface area contributed by atoms with Crippen molar-refractivity contribution < 1.29 is 46.9 Å². The first-order valence-corrected chi connectivity index (χ1v) is 6.04. The van der Waals surface area contributed by atoms with Gasteiger partial charge in [-0.05, 0) is 18.2 Å². The Labute approximate surface area is 138 Å². The molecular formula is C13H18FN2O2Y-. The number of hydrogen-bond acceptors (Lipinski definition) is 4. The molecule has 2 rings (SSSR count). The van der Waals surface area contributed by atoms with Crippen molar-refractivity contribution in [1.29, 1.82) is 0 Å². The summed E-state index contributed by atoms with van der Waals surface area (Å²) in [5.74, 6) is -0.263. The van der Waals surface area contributed by atoms with Crippen molar-refractivity contribution in [2.24, 2.45) is 0 Å². The minimum Gasteiger partial charge on any atom is -0.424 e. The van der Waals surface area contributed by atoms with E-state index in [-0.39, 0.29) is 38.5 Å². The molecule has 1 atom stereocenters. The van der Waals surface area contributed by atoms with Gasteiger partial charge in [-0.15, -0.1) is 0 Å². The molecule has 1 aliphatic rings. The summed E-state index contributed by atoms with van der Waals surface area (Å²) in [6.07, 6.45) is -0.702. The Balaban J connectivity index is 0.00000180. The molecule has 0 saturated carbocycles. The summed E-state index contributed by atoms with van der Waals surface area (Å²) in [5.41, 5.74) is 1.24. The van der Waals surface area contributed by atoms with Gasteiger partial charge in [0.05, 0.1) is 18.9 Å². The zero-order valence-electron chi connectivity index (χ0n) is 10.8. The predicted octanol–water partition coefficient (Wildman–Crippen LogP) is 1.27. The zero-order valence-corrected chi connectivity index (χ0v) is 13.6. The van der Waals surface area contributed by atoms with E-state index < -0.39 is 6.10 Å².